The normalized spacial score (nSPS) is 14.0. The number of aromatic nitrogens is 1. The Bertz CT molecular complexity index is 770. The first-order valence-corrected chi connectivity index (χ1v) is 8.64. The van der Waals surface area contributed by atoms with Gasteiger partial charge in [-0.3, -0.25) is 9.59 Å². The van der Waals surface area contributed by atoms with E-state index in [0.29, 0.717) is 5.69 Å². The van der Waals surface area contributed by atoms with Gasteiger partial charge in [-0.15, -0.1) is 11.3 Å². The maximum Gasteiger partial charge on any atom is 0.329 e. The third kappa shape index (κ3) is 4.46. The third-order valence-corrected chi connectivity index (χ3v) is 4.48. The van der Waals surface area contributed by atoms with Gasteiger partial charge in [-0.1, -0.05) is 28.1 Å². The molecule has 1 saturated carbocycles. The summed E-state index contributed by atoms with van der Waals surface area (Å²) in [4.78, 5) is 27.4. The van der Waals surface area contributed by atoms with Gasteiger partial charge in [-0.25, -0.2) is 10.4 Å². The summed E-state index contributed by atoms with van der Waals surface area (Å²) in [6, 6.07) is 7.97. The molecule has 1 aromatic heterocycles. The Morgan fingerprint density at radius 3 is 2.91 bits per heavy atom. The summed E-state index contributed by atoms with van der Waals surface area (Å²) < 4.78 is 0.981. The quantitative estimate of drug-likeness (QED) is 0.475. The largest absolute Gasteiger partial charge is 0.345 e. The van der Waals surface area contributed by atoms with E-state index >= 15 is 0 Å². The standard InChI is InChI=1S/C15H13BrN4O2S/c16-10-3-1-2-9(6-10)15-19-12(8-23-15)7-17-20-14(22)13(21)18-11-4-5-11/h1-3,6-8,11H,4-5H2,(H,18,21)(H,20,22)/b17-7-. The third-order valence-electron chi connectivity index (χ3n) is 3.08. The van der Waals surface area contributed by atoms with E-state index in [2.05, 4.69) is 36.8 Å². The van der Waals surface area contributed by atoms with Crippen molar-refractivity contribution in [3.63, 3.8) is 0 Å². The van der Waals surface area contributed by atoms with E-state index in [9.17, 15) is 9.59 Å². The van der Waals surface area contributed by atoms with Crippen LogP contribution in [0.2, 0.25) is 0 Å². The van der Waals surface area contributed by atoms with Gasteiger partial charge in [0.1, 0.15) is 5.01 Å². The second kappa shape index (κ2) is 7.01. The van der Waals surface area contributed by atoms with Crippen LogP contribution in [0, 0.1) is 0 Å². The molecule has 2 N–H and O–H groups in total. The molecule has 118 valence electrons. The number of halogens is 1. The molecule has 0 saturated heterocycles. The van der Waals surface area contributed by atoms with Crippen molar-refractivity contribution >= 4 is 45.3 Å². The van der Waals surface area contributed by atoms with Crippen molar-refractivity contribution < 1.29 is 9.59 Å². The molecule has 1 aliphatic rings. The Morgan fingerprint density at radius 1 is 1.35 bits per heavy atom. The molecule has 1 heterocycles. The second-order valence-corrected chi connectivity index (χ2v) is 6.81. The second-order valence-electron chi connectivity index (χ2n) is 5.03. The first kappa shape index (κ1) is 15.8. The van der Waals surface area contributed by atoms with Crippen molar-refractivity contribution in [3.8, 4) is 10.6 Å². The van der Waals surface area contributed by atoms with Crippen LogP contribution < -0.4 is 10.7 Å². The van der Waals surface area contributed by atoms with Crippen LogP contribution in [0.5, 0.6) is 0 Å². The average molecular weight is 393 g/mol. The number of nitrogens with one attached hydrogen (secondary N) is 2. The number of amides is 2. The van der Waals surface area contributed by atoms with Crippen molar-refractivity contribution in [1.29, 1.82) is 0 Å². The highest BCUT2D eigenvalue weighted by Gasteiger charge is 2.26. The van der Waals surface area contributed by atoms with Gasteiger partial charge in [0.25, 0.3) is 0 Å². The van der Waals surface area contributed by atoms with Crippen LogP contribution in [0.15, 0.2) is 39.2 Å². The number of carbonyl (C=O) groups is 2. The Balaban J connectivity index is 1.58. The van der Waals surface area contributed by atoms with Crippen LogP contribution in [0.3, 0.4) is 0 Å². The predicted molar refractivity (Wildman–Crippen MR) is 92.2 cm³/mol. The van der Waals surface area contributed by atoms with E-state index in [1.54, 1.807) is 0 Å². The van der Waals surface area contributed by atoms with Gasteiger partial charge in [-0.2, -0.15) is 5.10 Å². The van der Waals surface area contributed by atoms with Gasteiger partial charge in [0.2, 0.25) is 0 Å². The summed E-state index contributed by atoms with van der Waals surface area (Å²) in [7, 11) is 0. The Labute approximate surface area is 145 Å². The molecule has 0 unspecified atom stereocenters. The van der Waals surface area contributed by atoms with E-state index in [4.69, 9.17) is 0 Å². The fraction of sp³-hybridized carbons (Fsp3) is 0.200. The molecular formula is C15H13BrN4O2S. The van der Waals surface area contributed by atoms with Gasteiger partial charge in [-0.05, 0) is 25.0 Å². The number of hydrogen-bond donors (Lipinski definition) is 2. The number of benzene rings is 1. The van der Waals surface area contributed by atoms with E-state index in [1.807, 2.05) is 29.6 Å². The lowest BCUT2D eigenvalue weighted by atomic mass is 10.2. The van der Waals surface area contributed by atoms with Crippen molar-refractivity contribution in [2.75, 3.05) is 0 Å². The van der Waals surface area contributed by atoms with Gasteiger partial charge in [0, 0.05) is 21.5 Å². The molecule has 0 atom stereocenters. The van der Waals surface area contributed by atoms with Crippen LogP contribution in [0.25, 0.3) is 10.6 Å². The highest BCUT2D eigenvalue weighted by molar-refractivity contribution is 9.10. The lowest BCUT2D eigenvalue weighted by molar-refractivity contribution is -0.139. The molecule has 0 radical (unpaired) electrons. The van der Waals surface area contributed by atoms with Crippen LogP contribution >= 0.6 is 27.3 Å². The van der Waals surface area contributed by atoms with Crippen LogP contribution in [0.4, 0.5) is 0 Å². The summed E-state index contributed by atoms with van der Waals surface area (Å²) >= 11 is 4.90. The minimum atomic E-state index is -0.768. The minimum absolute atomic E-state index is 0.142. The molecule has 1 aliphatic carbocycles. The lowest BCUT2D eigenvalue weighted by Gasteiger charge is -2.00. The van der Waals surface area contributed by atoms with E-state index in [0.717, 1.165) is 27.9 Å². The molecule has 8 heteroatoms. The summed E-state index contributed by atoms with van der Waals surface area (Å²) in [6.45, 7) is 0. The first-order valence-electron chi connectivity index (χ1n) is 6.97. The fourth-order valence-corrected chi connectivity index (χ4v) is 2.95. The van der Waals surface area contributed by atoms with Gasteiger partial charge < -0.3 is 5.32 Å². The Morgan fingerprint density at radius 2 is 2.17 bits per heavy atom. The van der Waals surface area contributed by atoms with Crippen molar-refractivity contribution in [1.82, 2.24) is 15.7 Å². The van der Waals surface area contributed by atoms with Crippen LogP contribution in [0.1, 0.15) is 18.5 Å². The zero-order valence-electron chi connectivity index (χ0n) is 12.0. The molecule has 0 aliphatic heterocycles. The summed E-state index contributed by atoms with van der Waals surface area (Å²) in [5.41, 5.74) is 3.81. The monoisotopic (exact) mass is 392 g/mol. The average Bonchev–Trinajstić information content (AvgIpc) is 3.22. The van der Waals surface area contributed by atoms with Crippen molar-refractivity contribution in [2.24, 2.45) is 5.10 Å². The zero-order chi connectivity index (χ0) is 16.2. The molecule has 3 rings (SSSR count). The van der Waals surface area contributed by atoms with Gasteiger partial charge >= 0.3 is 11.8 Å². The first-order chi connectivity index (χ1) is 11.1. The van der Waals surface area contributed by atoms with Gasteiger partial charge in [0.05, 0.1) is 11.9 Å². The molecule has 2 amide bonds. The van der Waals surface area contributed by atoms with Crippen molar-refractivity contribution in [3.05, 3.63) is 39.8 Å². The number of hydrazone groups is 1. The highest BCUT2D eigenvalue weighted by atomic mass is 79.9. The Hall–Kier alpha value is -2.06. The molecular weight excluding hydrogens is 380 g/mol. The fourth-order valence-electron chi connectivity index (χ4n) is 1.79. The maximum atomic E-state index is 11.5. The zero-order valence-corrected chi connectivity index (χ0v) is 14.4. The number of hydrogen-bond acceptors (Lipinski definition) is 5. The van der Waals surface area contributed by atoms with Crippen molar-refractivity contribution in [2.45, 2.75) is 18.9 Å². The Kier molecular flexibility index (Phi) is 4.82. The minimum Gasteiger partial charge on any atom is -0.345 e. The molecule has 1 fully saturated rings. The molecule has 2 aromatic rings. The van der Waals surface area contributed by atoms with Crippen LogP contribution in [-0.2, 0) is 9.59 Å². The van der Waals surface area contributed by atoms with E-state index in [-0.39, 0.29) is 6.04 Å². The summed E-state index contributed by atoms with van der Waals surface area (Å²) in [5, 5.41) is 9.04. The molecule has 6 nitrogen and oxygen atoms in total. The topological polar surface area (TPSA) is 83.5 Å². The number of thiazole rings is 1. The number of rotatable bonds is 4. The highest BCUT2D eigenvalue weighted by Crippen LogP contribution is 2.25. The molecule has 1 aromatic carbocycles. The summed E-state index contributed by atoms with van der Waals surface area (Å²) in [6.07, 6.45) is 3.28. The lowest BCUT2D eigenvalue weighted by Crippen LogP contribution is -2.38. The number of carbonyl (C=O) groups excluding carboxylic acids is 2. The van der Waals surface area contributed by atoms with Crippen LogP contribution in [-0.4, -0.2) is 29.1 Å². The smallest absolute Gasteiger partial charge is 0.329 e. The van der Waals surface area contributed by atoms with Gasteiger partial charge in [0.15, 0.2) is 0 Å². The molecule has 23 heavy (non-hydrogen) atoms. The number of nitrogens with zero attached hydrogens (tertiary/aromatic N) is 2. The SMILES string of the molecule is O=C(N/N=C\c1csc(-c2cccc(Br)c2)n1)C(=O)NC1CC1. The van der Waals surface area contributed by atoms with E-state index in [1.165, 1.54) is 17.6 Å². The van der Waals surface area contributed by atoms with E-state index < -0.39 is 11.8 Å². The maximum absolute atomic E-state index is 11.5. The summed E-state index contributed by atoms with van der Waals surface area (Å²) in [5.74, 6) is -1.42. The predicted octanol–water partition coefficient (Wildman–Crippen LogP) is 2.30. The molecule has 0 spiro atoms. The molecule has 0 bridgehead atoms.